The van der Waals surface area contributed by atoms with Gasteiger partial charge in [-0.2, -0.15) is 0 Å². The SMILES string of the molecule is CC(C)CNC(=O)C1C(C)CCCC1N. The second-order valence-corrected chi connectivity index (χ2v) is 5.24. The van der Waals surface area contributed by atoms with Gasteiger partial charge in [0.2, 0.25) is 5.91 Å². The van der Waals surface area contributed by atoms with Gasteiger partial charge >= 0.3 is 0 Å². The smallest absolute Gasteiger partial charge is 0.224 e. The normalized spacial score (nSPS) is 31.7. The summed E-state index contributed by atoms with van der Waals surface area (Å²) in [4.78, 5) is 11.9. The van der Waals surface area contributed by atoms with Crippen LogP contribution < -0.4 is 11.1 Å². The van der Waals surface area contributed by atoms with Gasteiger partial charge in [0, 0.05) is 12.6 Å². The van der Waals surface area contributed by atoms with Crippen LogP contribution in [-0.2, 0) is 4.79 Å². The molecule has 0 spiro atoms. The van der Waals surface area contributed by atoms with Crippen LogP contribution in [0.2, 0.25) is 0 Å². The first kappa shape index (κ1) is 12.5. The fourth-order valence-corrected chi connectivity index (χ4v) is 2.33. The molecular weight excluding hydrogens is 188 g/mol. The number of nitrogens with two attached hydrogens (primary N) is 1. The molecule has 15 heavy (non-hydrogen) atoms. The molecule has 3 atom stereocenters. The van der Waals surface area contributed by atoms with Gasteiger partial charge in [-0.1, -0.05) is 27.2 Å². The van der Waals surface area contributed by atoms with Crippen molar-refractivity contribution < 1.29 is 4.79 Å². The van der Waals surface area contributed by atoms with E-state index >= 15 is 0 Å². The van der Waals surface area contributed by atoms with Crippen molar-refractivity contribution >= 4 is 5.91 Å². The molecule has 1 amide bonds. The highest BCUT2D eigenvalue weighted by molar-refractivity contribution is 5.79. The molecule has 88 valence electrons. The average molecular weight is 212 g/mol. The molecule has 0 aromatic rings. The average Bonchev–Trinajstić information content (AvgIpc) is 2.14. The predicted octanol–water partition coefficient (Wildman–Crippen LogP) is 1.52. The van der Waals surface area contributed by atoms with Crippen LogP contribution in [0.4, 0.5) is 0 Å². The lowest BCUT2D eigenvalue weighted by molar-refractivity contribution is -0.128. The summed E-state index contributed by atoms with van der Waals surface area (Å²) < 4.78 is 0. The summed E-state index contributed by atoms with van der Waals surface area (Å²) in [7, 11) is 0. The Morgan fingerprint density at radius 3 is 2.67 bits per heavy atom. The largest absolute Gasteiger partial charge is 0.356 e. The van der Waals surface area contributed by atoms with Crippen molar-refractivity contribution in [1.82, 2.24) is 5.32 Å². The Kier molecular flexibility index (Phi) is 4.58. The van der Waals surface area contributed by atoms with Crippen LogP contribution in [0.5, 0.6) is 0 Å². The minimum Gasteiger partial charge on any atom is -0.356 e. The van der Waals surface area contributed by atoms with Crippen molar-refractivity contribution in [2.75, 3.05) is 6.54 Å². The van der Waals surface area contributed by atoms with E-state index in [0.717, 1.165) is 25.8 Å². The van der Waals surface area contributed by atoms with E-state index < -0.39 is 0 Å². The minimum absolute atomic E-state index is 0.0255. The topological polar surface area (TPSA) is 55.1 Å². The zero-order valence-corrected chi connectivity index (χ0v) is 10.1. The third kappa shape index (κ3) is 3.49. The maximum Gasteiger partial charge on any atom is 0.224 e. The summed E-state index contributed by atoms with van der Waals surface area (Å²) in [5.41, 5.74) is 6.02. The van der Waals surface area contributed by atoms with E-state index in [2.05, 4.69) is 26.1 Å². The lowest BCUT2D eigenvalue weighted by atomic mass is 9.76. The van der Waals surface area contributed by atoms with Gasteiger partial charge in [-0.05, 0) is 24.7 Å². The van der Waals surface area contributed by atoms with Crippen molar-refractivity contribution in [3.05, 3.63) is 0 Å². The first-order valence-electron chi connectivity index (χ1n) is 6.05. The number of nitrogens with one attached hydrogen (secondary N) is 1. The van der Waals surface area contributed by atoms with Gasteiger partial charge in [0.1, 0.15) is 0 Å². The van der Waals surface area contributed by atoms with E-state index in [1.165, 1.54) is 0 Å². The summed E-state index contributed by atoms with van der Waals surface area (Å²) in [6, 6.07) is 0.0564. The van der Waals surface area contributed by atoms with E-state index in [-0.39, 0.29) is 17.9 Å². The zero-order valence-electron chi connectivity index (χ0n) is 10.1. The van der Waals surface area contributed by atoms with E-state index in [0.29, 0.717) is 11.8 Å². The highest BCUT2D eigenvalue weighted by Gasteiger charge is 2.33. The van der Waals surface area contributed by atoms with Gasteiger partial charge in [0.15, 0.2) is 0 Å². The number of carbonyl (C=O) groups excluding carboxylic acids is 1. The first-order valence-corrected chi connectivity index (χ1v) is 6.05. The second kappa shape index (κ2) is 5.50. The number of amides is 1. The monoisotopic (exact) mass is 212 g/mol. The van der Waals surface area contributed by atoms with E-state index in [9.17, 15) is 4.79 Å². The van der Waals surface area contributed by atoms with Crippen molar-refractivity contribution in [2.45, 2.75) is 46.1 Å². The zero-order chi connectivity index (χ0) is 11.4. The molecule has 1 rings (SSSR count). The fraction of sp³-hybridized carbons (Fsp3) is 0.917. The Labute approximate surface area is 92.8 Å². The maximum atomic E-state index is 11.9. The molecule has 3 unspecified atom stereocenters. The van der Waals surface area contributed by atoms with Crippen molar-refractivity contribution in [3.63, 3.8) is 0 Å². The minimum atomic E-state index is 0.0255. The highest BCUT2D eigenvalue weighted by atomic mass is 16.1. The van der Waals surface area contributed by atoms with Crippen LogP contribution in [0.1, 0.15) is 40.0 Å². The summed E-state index contributed by atoms with van der Waals surface area (Å²) >= 11 is 0. The maximum absolute atomic E-state index is 11.9. The van der Waals surface area contributed by atoms with Gasteiger partial charge in [0.25, 0.3) is 0 Å². The molecule has 0 aromatic heterocycles. The summed E-state index contributed by atoms with van der Waals surface area (Å²) in [6.45, 7) is 7.10. The third-order valence-corrected chi connectivity index (χ3v) is 3.26. The van der Waals surface area contributed by atoms with Gasteiger partial charge < -0.3 is 11.1 Å². The van der Waals surface area contributed by atoms with Crippen molar-refractivity contribution in [1.29, 1.82) is 0 Å². The van der Waals surface area contributed by atoms with Gasteiger partial charge in [-0.15, -0.1) is 0 Å². The Hall–Kier alpha value is -0.570. The molecule has 0 aromatic carbocycles. The Balaban J connectivity index is 2.48. The Bertz CT molecular complexity index is 206. The van der Waals surface area contributed by atoms with Gasteiger partial charge in [-0.3, -0.25) is 4.79 Å². The van der Waals surface area contributed by atoms with E-state index in [4.69, 9.17) is 5.73 Å². The molecular formula is C12H24N2O. The molecule has 0 radical (unpaired) electrons. The number of hydrogen-bond acceptors (Lipinski definition) is 2. The van der Waals surface area contributed by atoms with Gasteiger partial charge in [-0.25, -0.2) is 0 Å². The predicted molar refractivity (Wildman–Crippen MR) is 62.3 cm³/mol. The summed E-state index contributed by atoms with van der Waals surface area (Å²) in [5, 5.41) is 2.99. The second-order valence-electron chi connectivity index (χ2n) is 5.24. The standard InChI is InChI=1S/C12H24N2O/c1-8(2)7-14-12(15)11-9(3)5-4-6-10(11)13/h8-11H,4-7,13H2,1-3H3,(H,14,15). The molecule has 0 saturated heterocycles. The Morgan fingerprint density at radius 2 is 2.13 bits per heavy atom. The van der Waals surface area contributed by atoms with Crippen LogP contribution >= 0.6 is 0 Å². The lowest BCUT2D eigenvalue weighted by Gasteiger charge is -2.33. The number of rotatable bonds is 3. The van der Waals surface area contributed by atoms with Crippen molar-refractivity contribution in [3.8, 4) is 0 Å². The molecule has 1 fully saturated rings. The molecule has 0 heterocycles. The van der Waals surface area contributed by atoms with Crippen LogP contribution in [0.25, 0.3) is 0 Å². The molecule has 3 heteroatoms. The molecule has 0 bridgehead atoms. The fourth-order valence-electron chi connectivity index (χ4n) is 2.33. The molecule has 3 nitrogen and oxygen atoms in total. The number of carbonyl (C=O) groups is 1. The molecule has 3 N–H and O–H groups in total. The molecule has 0 aliphatic heterocycles. The molecule has 1 saturated carbocycles. The lowest BCUT2D eigenvalue weighted by Crippen LogP contribution is -2.47. The van der Waals surface area contributed by atoms with E-state index in [1.54, 1.807) is 0 Å². The van der Waals surface area contributed by atoms with E-state index in [1.807, 2.05) is 0 Å². The van der Waals surface area contributed by atoms with Crippen LogP contribution in [-0.4, -0.2) is 18.5 Å². The van der Waals surface area contributed by atoms with Crippen LogP contribution in [0.3, 0.4) is 0 Å². The summed E-state index contributed by atoms with van der Waals surface area (Å²) in [5.74, 6) is 1.12. The quantitative estimate of drug-likeness (QED) is 0.745. The summed E-state index contributed by atoms with van der Waals surface area (Å²) in [6.07, 6.45) is 3.29. The molecule has 1 aliphatic rings. The molecule has 1 aliphatic carbocycles. The van der Waals surface area contributed by atoms with Crippen LogP contribution in [0.15, 0.2) is 0 Å². The van der Waals surface area contributed by atoms with Gasteiger partial charge in [0.05, 0.1) is 5.92 Å². The van der Waals surface area contributed by atoms with Crippen molar-refractivity contribution in [2.24, 2.45) is 23.5 Å². The first-order chi connectivity index (χ1) is 7.02. The van der Waals surface area contributed by atoms with Crippen LogP contribution in [0, 0.1) is 17.8 Å². The third-order valence-electron chi connectivity index (χ3n) is 3.26. The highest BCUT2D eigenvalue weighted by Crippen LogP contribution is 2.28. The number of hydrogen-bond donors (Lipinski definition) is 2. The Morgan fingerprint density at radius 1 is 1.47 bits per heavy atom.